The molecule has 0 bridgehead atoms. The summed E-state index contributed by atoms with van der Waals surface area (Å²) in [6.45, 7) is 1.96. The molecular weight excluding hydrogens is 280 g/mol. The van der Waals surface area contributed by atoms with Gasteiger partial charge in [0.2, 0.25) is 0 Å². The molecule has 0 fully saturated rings. The topological polar surface area (TPSA) is 67.4 Å². The standard InChI is InChI=1S/C17H22N2O3/c1-2-22-16(20)10-18-17(21)19-15-9-11-5-3-6-12(11)13-7-4-8-14(13)15/h9H,2-8,10H2,1H3,(H2,18,19,21). The first-order valence-electron chi connectivity index (χ1n) is 8.06. The first-order chi connectivity index (χ1) is 10.7. The Kier molecular flexibility index (Phi) is 4.32. The zero-order chi connectivity index (χ0) is 15.5. The summed E-state index contributed by atoms with van der Waals surface area (Å²) >= 11 is 0. The van der Waals surface area contributed by atoms with Crippen LogP contribution in [0.2, 0.25) is 0 Å². The fourth-order valence-corrected chi connectivity index (χ4v) is 3.55. The molecule has 5 heteroatoms. The molecular formula is C17H22N2O3. The highest BCUT2D eigenvalue weighted by molar-refractivity contribution is 5.92. The van der Waals surface area contributed by atoms with E-state index in [4.69, 9.17) is 4.74 Å². The number of anilines is 1. The van der Waals surface area contributed by atoms with Crippen LogP contribution in [0.15, 0.2) is 6.07 Å². The first kappa shape index (κ1) is 14.9. The molecule has 3 rings (SSSR count). The Bertz CT molecular complexity index is 610. The molecule has 22 heavy (non-hydrogen) atoms. The number of hydrogen-bond acceptors (Lipinski definition) is 3. The van der Waals surface area contributed by atoms with Gasteiger partial charge >= 0.3 is 12.0 Å². The van der Waals surface area contributed by atoms with Crippen molar-refractivity contribution < 1.29 is 14.3 Å². The number of fused-ring (bicyclic) bond motifs is 3. The number of carbonyl (C=O) groups is 2. The average molecular weight is 302 g/mol. The van der Waals surface area contributed by atoms with Crippen LogP contribution in [0.4, 0.5) is 10.5 Å². The van der Waals surface area contributed by atoms with Gasteiger partial charge < -0.3 is 15.4 Å². The molecule has 1 aromatic rings. The highest BCUT2D eigenvalue weighted by Gasteiger charge is 2.24. The molecule has 0 aliphatic heterocycles. The summed E-state index contributed by atoms with van der Waals surface area (Å²) in [5, 5.41) is 5.46. The number of amides is 2. The van der Waals surface area contributed by atoms with Crippen molar-refractivity contribution in [1.29, 1.82) is 0 Å². The van der Waals surface area contributed by atoms with Crippen molar-refractivity contribution in [3.05, 3.63) is 28.3 Å². The van der Waals surface area contributed by atoms with E-state index in [2.05, 4.69) is 16.7 Å². The first-order valence-corrected chi connectivity index (χ1v) is 8.06. The van der Waals surface area contributed by atoms with Crippen molar-refractivity contribution in [2.24, 2.45) is 0 Å². The number of urea groups is 1. The van der Waals surface area contributed by atoms with Crippen LogP contribution in [-0.2, 0) is 35.2 Å². The summed E-state index contributed by atoms with van der Waals surface area (Å²) in [5.74, 6) is -0.420. The van der Waals surface area contributed by atoms with E-state index in [1.807, 2.05) is 0 Å². The summed E-state index contributed by atoms with van der Waals surface area (Å²) in [6.07, 6.45) is 6.79. The van der Waals surface area contributed by atoms with Gasteiger partial charge in [0.1, 0.15) is 6.54 Å². The third-order valence-corrected chi connectivity index (χ3v) is 4.43. The quantitative estimate of drug-likeness (QED) is 0.839. The van der Waals surface area contributed by atoms with Gasteiger partial charge in [0.05, 0.1) is 6.61 Å². The van der Waals surface area contributed by atoms with Crippen LogP contribution in [0, 0.1) is 0 Å². The lowest BCUT2D eigenvalue weighted by molar-refractivity contribution is -0.141. The lowest BCUT2D eigenvalue weighted by Crippen LogP contribution is -2.34. The Balaban J connectivity index is 1.69. The molecule has 0 saturated heterocycles. The second-order valence-electron chi connectivity index (χ2n) is 5.84. The lowest BCUT2D eigenvalue weighted by Gasteiger charge is -2.15. The van der Waals surface area contributed by atoms with Gasteiger partial charge in [0.15, 0.2) is 0 Å². The number of rotatable bonds is 4. The number of hydrogen-bond donors (Lipinski definition) is 2. The van der Waals surface area contributed by atoms with Crippen LogP contribution in [0.1, 0.15) is 42.0 Å². The van der Waals surface area contributed by atoms with Crippen molar-refractivity contribution in [3.8, 4) is 0 Å². The Morgan fingerprint density at radius 2 is 1.82 bits per heavy atom. The van der Waals surface area contributed by atoms with Crippen molar-refractivity contribution in [2.75, 3.05) is 18.5 Å². The van der Waals surface area contributed by atoms with Crippen LogP contribution < -0.4 is 10.6 Å². The van der Waals surface area contributed by atoms with Gasteiger partial charge in [-0.05, 0) is 73.8 Å². The third-order valence-electron chi connectivity index (χ3n) is 4.43. The monoisotopic (exact) mass is 302 g/mol. The largest absolute Gasteiger partial charge is 0.465 e. The number of aryl methyl sites for hydroxylation is 1. The van der Waals surface area contributed by atoms with E-state index < -0.39 is 5.97 Å². The van der Waals surface area contributed by atoms with Crippen LogP contribution in [-0.4, -0.2) is 25.2 Å². The molecule has 0 atom stereocenters. The SMILES string of the molecule is CCOC(=O)CNC(=O)Nc1cc2c(c3c1CCC3)CCC2. The second kappa shape index (κ2) is 6.38. The van der Waals surface area contributed by atoms with E-state index in [0.717, 1.165) is 31.4 Å². The third kappa shape index (κ3) is 2.93. The molecule has 2 aliphatic rings. The molecule has 2 N–H and O–H groups in total. The maximum Gasteiger partial charge on any atom is 0.325 e. The minimum absolute atomic E-state index is 0.104. The van der Waals surface area contributed by atoms with E-state index in [0.29, 0.717) is 6.61 Å². The molecule has 1 aromatic carbocycles. The minimum Gasteiger partial charge on any atom is -0.465 e. The van der Waals surface area contributed by atoms with Crippen molar-refractivity contribution >= 4 is 17.7 Å². The Morgan fingerprint density at radius 1 is 1.09 bits per heavy atom. The minimum atomic E-state index is -0.420. The molecule has 118 valence electrons. The van der Waals surface area contributed by atoms with Gasteiger partial charge in [0.25, 0.3) is 0 Å². The smallest absolute Gasteiger partial charge is 0.325 e. The average Bonchev–Trinajstić information content (AvgIpc) is 3.13. The molecule has 0 unspecified atom stereocenters. The Morgan fingerprint density at radius 3 is 2.64 bits per heavy atom. The summed E-state index contributed by atoms with van der Waals surface area (Å²) in [6, 6.07) is 1.77. The summed E-state index contributed by atoms with van der Waals surface area (Å²) in [4.78, 5) is 23.3. The zero-order valence-corrected chi connectivity index (χ0v) is 13.0. The van der Waals surface area contributed by atoms with Gasteiger partial charge in [-0.1, -0.05) is 0 Å². The van der Waals surface area contributed by atoms with Crippen molar-refractivity contribution in [1.82, 2.24) is 5.32 Å². The molecule has 0 heterocycles. The molecule has 0 spiro atoms. The highest BCUT2D eigenvalue weighted by atomic mass is 16.5. The highest BCUT2D eigenvalue weighted by Crippen LogP contribution is 2.38. The Hall–Kier alpha value is -2.04. The molecule has 2 amide bonds. The van der Waals surface area contributed by atoms with E-state index in [9.17, 15) is 9.59 Å². The maximum absolute atomic E-state index is 12.0. The molecule has 0 saturated carbocycles. The second-order valence-corrected chi connectivity index (χ2v) is 5.84. The summed E-state index contributed by atoms with van der Waals surface area (Å²) in [7, 11) is 0. The molecule has 2 aliphatic carbocycles. The lowest BCUT2D eigenvalue weighted by atomic mass is 9.98. The van der Waals surface area contributed by atoms with Crippen LogP contribution in [0.5, 0.6) is 0 Å². The van der Waals surface area contributed by atoms with E-state index in [1.165, 1.54) is 35.1 Å². The molecule has 0 aromatic heterocycles. The fourth-order valence-electron chi connectivity index (χ4n) is 3.55. The van der Waals surface area contributed by atoms with Gasteiger partial charge in [-0.25, -0.2) is 4.79 Å². The number of carbonyl (C=O) groups excluding carboxylic acids is 2. The van der Waals surface area contributed by atoms with Crippen molar-refractivity contribution in [3.63, 3.8) is 0 Å². The summed E-state index contributed by atoms with van der Waals surface area (Å²) < 4.78 is 4.80. The van der Waals surface area contributed by atoms with Crippen LogP contribution in [0.3, 0.4) is 0 Å². The zero-order valence-electron chi connectivity index (χ0n) is 13.0. The van der Waals surface area contributed by atoms with Crippen molar-refractivity contribution in [2.45, 2.75) is 45.4 Å². The van der Waals surface area contributed by atoms with Gasteiger partial charge in [-0.15, -0.1) is 0 Å². The predicted molar refractivity (Wildman–Crippen MR) is 84.1 cm³/mol. The number of benzene rings is 1. The Labute approximate surface area is 130 Å². The fraction of sp³-hybridized carbons (Fsp3) is 0.529. The molecule has 5 nitrogen and oxygen atoms in total. The number of nitrogens with one attached hydrogen (secondary N) is 2. The van der Waals surface area contributed by atoms with Crippen LogP contribution in [0.25, 0.3) is 0 Å². The predicted octanol–water partition coefficient (Wildman–Crippen LogP) is 2.35. The summed E-state index contributed by atoms with van der Waals surface area (Å²) in [5.41, 5.74) is 6.54. The maximum atomic E-state index is 12.0. The van der Waals surface area contributed by atoms with E-state index >= 15 is 0 Å². The van der Waals surface area contributed by atoms with Gasteiger partial charge in [-0.3, -0.25) is 4.79 Å². The van der Waals surface area contributed by atoms with E-state index in [-0.39, 0.29) is 12.6 Å². The normalized spacial score (nSPS) is 15.1. The van der Waals surface area contributed by atoms with Crippen LogP contribution >= 0.6 is 0 Å². The van der Waals surface area contributed by atoms with Gasteiger partial charge in [0, 0.05) is 5.69 Å². The number of ether oxygens (including phenoxy) is 1. The number of esters is 1. The van der Waals surface area contributed by atoms with Gasteiger partial charge in [-0.2, -0.15) is 0 Å². The van der Waals surface area contributed by atoms with E-state index in [1.54, 1.807) is 6.92 Å². The molecule has 0 radical (unpaired) electrons.